The Morgan fingerprint density at radius 3 is 2.77 bits per heavy atom. The number of hydrogen-bond acceptors (Lipinski definition) is 6. The van der Waals surface area contributed by atoms with Gasteiger partial charge < -0.3 is 10.1 Å². The molecule has 1 aliphatic rings. The van der Waals surface area contributed by atoms with Crippen molar-refractivity contribution in [1.82, 2.24) is 19.7 Å². The van der Waals surface area contributed by atoms with E-state index in [2.05, 4.69) is 20.4 Å². The van der Waals surface area contributed by atoms with Crippen molar-refractivity contribution in [3.05, 3.63) is 59.5 Å². The lowest BCUT2D eigenvalue weighted by Crippen LogP contribution is -2.39. The molecule has 1 fully saturated rings. The third-order valence-corrected chi connectivity index (χ3v) is 5.12. The van der Waals surface area contributed by atoms with Crippen molar-refractivity contribution in [1.29, 1.82) is 0 Å². The van der Waals surface area contributed by atoms with Crippen molar-refractivity contribution >= 4 is 29.5 Å². The predicted octanol–water partition coefficient (Wildman–Crippen LogP) is 4.17. The first-order chi connectivity index (χ1) is 14.4. The number of aromatic nitrogens is 4. The number of amides is 1. The van der Waals surface area contributed by atoms with Gasteiger partial charge in [-0.25, -0.2) is 18.9 Å². The average Bonchev–Trinajstić information content (AvgIpc) is 3.36. The summed E-state index contributed by atoms with van der Waals surface area (Å²) in [4.78, 5) is 21.8. The van der Waals surface area contributed by atoms with Gasteiger partial charge in [0.25, 0.3) is 0 Å². The summed E-state index contributed by atoms with van der Waals surface area (Å²) in [7, 11) is 0. The Labute approximate surface area is 177 Å². The summed E-state index contributed by atoms with van der Waals surface area (Å²) in [5.41, 5.74) is 1.80. The fourth-order valence-corrected chi connectivity index (χ4v) is 3.29. The number of carbonyl (C=O) groups is 1. The zero-order valence-corrected chi connectivity index (χ0v) is 17.1. The molecule has 1 amide bonds. The molecule has 0 aliphatic carbocycles. The number of carbonyl (C=O) groups excluding carboxylic acids is 1. The molecule has 3 heterocycles. The molecule has 156 valence electrons. The number of ether oxygens (including phenoxy) is 1. The van der Waals surface area contributed by atoms with Crippen molar-refractivity contribution in [2.24, 2.45) is 0 Å². The maximum absolute atomic E-state index is 13.9. The summed E-state index contributed by atoms with van der Waals surface area (Å²) >= 11 is 5.93. The Bertz CT molecular complexity index is 1040. The Balaban J connectivity index is 1.50. The highest BCUT2D eigenvalue weighted by Gasteiger charge is 2.39. The standard InChI is InChI=1S/C20H20ClFN6O2/c1-12(22)17-11-30-20(29)28(17)18-7-8-23-19(26-18)25-13(2)14-9-24-27(10-14)16-5-3-15(21)4-6-16/h3-10,12-13,17H,11H2,1-2H3,(H,23,25,26)/t12-,13-,17?/m0/s1. The van der Waals surface area contributed by atoms with E-state index in [1.165, 1.54) is 18.0 Å². The van der Waals surface area contributed by atoms with Gasteiger partial charge >= 0.3 is 6.09 Å². The van der Waals surface area contributed by atoms with E-state index in [0.717, 1.165) is 11.3 Å². The van der Waals surface area contributed by atoms with Crippen LogP contribution in [0.1, 0.15) is 25.5 Å². The molecule has 3 aromatic rings. The van der Waals surface area contributed by atoms with Crippen LogP contribution in [0.25, 0.3) is 5.69 Å². The smallest absolute Gasteiger partial charge is 0.416 e. The number of hydrogen-bond donors (Lipinski definition) is 1. The van der Waals surface area contributed by atoms with Crippen LogP contribution in [0.15, 0.2) is 48.9 Å². The van der Waals surface area contributed by atoms with E-state index in [1.807, 2.05) is 25.3 Å². The third-order valence-electron chi connectivity index (χ3n) is 4.86. The van der Waals surface area contributed by atoms with E-state index < -0.39 is 18.3 Å². The van der Waals surface area contributed by atoms with Gasteiger partial charge in [-0.1, -0.05) is 11.6 Å². The summed E-state index contributed by atoms with van der Waals surface area (Å²) in [5, 5.41) is 8.22. The fraction of sp³-hybridized carbons (Fsp3) is 0.300. The molecule has 30 heavy (non-hydrogen) atoms. The van der Waals surface area contributed by atoms with Crippen LogP contribution < -0.4 is 10.2 Å². The maximum Gasteiger partial charge on any atom is 0.416 e. The average molecular weight is 431 g/mol. The minimum atomic E-state index is -1.25. The van der Waals surface area contributed by atoms with E-state index in [4.69, 9.17) is 16.3 Å². The summed E-state index contributed by atoms with van der Waals surface area (Å²) in [6.45, 7) is 3.32. The van der Waals surface area contributed by atoms with E-state index >= 15 is 0 Å². The van der Waals surface area contributed by atoms with Crippen molar-refractivity contribution in [2.75, 3.05) is 16.8 Å². The molecule has 1 aliphatic heterocycles. The second kappa shape index (κ2) is 8.27. The Morgan fingerprint density at radius 2 is 2.03 bits per heavy atom. The summed E-state index contributed by atoms with van der Waals surface area (Å²) in [6.07, 6.45) is 3.28. The topological polar surface area (TPSA) is 85.2 Å². The molecule has 1 saturated heterocycles. The van der Waals surface area contributed by atoms with E-state index in [-0.39, 0.29) is 18.5 Å². The van der Waals surface area contributed by atoms with Crippen LogP contribution in [-0.2, 0) is 4.74 Å². The van der Waals surface area contributed by atoms with Gasteiger partial charge in [0.1, 0.15) is 24.6 Å². The number of cyclic esters (lactones) is 1. The molecule has 0 spiro atoms. The molecule has 0 radical (unpaired) electrons. The number of alkyl halides is 1. The van der Waals surface area contributed by atoms with E-state index in [1.54, 1.807) is 29.1 Å². The molecule has 10 heteroatoms. The first-order valence-corrected chi connectivity index (χ1v) is 9.80. The van der Waals surface area contributed by atoms with Gasteiger partial charge in [0.2, 0.25) is 5.95 Å². The summed E-state index contributed by atoms with van der Waals surface area (Å²) in [5.74, 6) is 0.595. The molecule has 0 saturated carbocycles. The Hall–Kier alpha value is -3.20. The molecule has 2 aromatic heterocycles. The molecule has 1 N–H and O–H groups in total. The molecule has 3 atom stereocenters. The second-order valence-electron chi connectivity index (χ2n) is 6.99. The summed E-state index contributed by atoms with van der Waals surface area (Å²) in [6, 6.07) is 8.03. The highest BCUT2D eigenvalue weighted by molar-refractivity contribution is 6.30. The summed E-state index contributed by atoms with van der Waals surface area (Å²) < 4.78 is 20.6. The number of benzene rings is 1. The quantitative estimate of drug-likeness (QED) is 0.631. The van der Waals surface area contributed by atoms with Crippen LogP contribution in [0.2, 0.25) is 5.02 Å². The predicted molar refractivity (Wildman–Crippen MR) is 111 cm³/mol. The third kappa shape index (κ3) is 4.06. The number of rotatable bonds is 6. The zero-order valence-electron chi connectivity index (χ0n) is 16.4. The fourth-order valence-electron chi connectivity index (χ4n) is 3.16. The highest BCUT2D eigenvalue weighted by atomic mass is 35.5. The molecule has 1 unspecified atom stereocenters. The molecular formula is C20H20ClFN6O2. The minimum Gasteiger partial charge on any atom is -0.447 e. The van der Waals surface area contributed by atoms with Crippen molar-refractivity contribution in [3.63, 3.8) is 0 Å². The Morgan fingerprint density at radius 1 is 1.27 bits per heavy atom. The van der Waals surface area contributed by atoms with Gasteiger partial charge in [0, 0.05) is 23.0 Å². The molecule has 4 rings (SSSR count). The van der Waals surface area contributed by atoms with E-state index in [9.17, 15) is 9.18 Å². The minimum absolute atomic E-state index is 0.0104. The van der Waals surface area contributed by atoms with Gasteiger partial charge in [-0.3, -0.25) is 4.90 Å². The normalized spacial score (nSPS) is 18.2. The van der Waals surface area contributed by atoms with Gasteiger partial charge in [-0.05, 0) is 44.2 Å². The lowest BCUT2D eigenvalue weighted by atomic mass is 10.2. The van der Waals surface area contributed by atoms with Crippen molar-refractivity contribution in [2.45, 2.75) is 32.1 Å². The van der Waals surface area contributed by atoms with Gasteiger partial charge in [-0.15, -0.1) is 0 Å². The SMILES string of the molecule is C[C@H](Nc1nccc(N2C(=O)OCC2[C@H](C)F)n1)c1cnn(-c2ccc(Cl)cc2)c1. The maximum atomic E-state index is 13.9. The van der Waals surface area contributed by atoms with Crippen LogP contribution in [-0.4, -0.2) is 44.7 Å². The van der Waals surface area contributed by atoms with Crippen molar-refractivity contribution < 1.29 is 13.9 Å². The molecule has 0 bridgehead atoms. The lowest BCUT2D eigenvalue weighted by molar-refractivity contribution is 0.174. The highest BCUT2D eigenvalue weighted by Crippen LogP contribution is 2.26. The van der Waals surface area contributed by atoms with Crippen molar-refractivity contribution in [3.8, 4) is 5.69 Å². The van der Waals surface area contributed by atoms with Crippen LogP contribution in [0.4, 0.5) is 21.0 Å². The first kappa shape index (κ1) is 20.1. The number of nitrogens with zero attached hydrogens (tertiary/aromatic N) is 5. The zero-order chi connectivity index (χ0) is 21.3. The second-order valence-corrected chi connectivity index (χ2v) is 7.43. The van der Waals surface area contributed by atoms with Gasteiger partial charge in [0.05, 0.1) is 17.9 Å². The number of anilines is 2. The van der Waals surface area contributed by atoms with Crippen LogP contribution in [0, 0.1) is 0 Å². The lowest BCUT2D eigenvalue weighted by Gasteiger charge is -2.22. The monoisotopic (exact) mass is 430 g/mol. The van der Waals surface area contributed by atoms with Gasteiger partial charge in [0.15, 0.2) is 0 Å². The van der Waals surface area contributed by atoms with Crippen LogP contribution in [0.3, 0.4) is 0 Å². The van der Waals surface area contributed by atoms with E-state index in [0.29, 0.717) is 11.0 Å². The molecule has 1 aromatic carbocycles. The number of nitrogens with one attached hydrogen (secondary N) is 1. The van der Waals surface area contributed by atoms with Gasteiger partial charge in [-0.2, -0.15) is 10.1 Å². The molecular weight excluding hydrogens is 411 g/mol. The first-order valence-electron chi connectivity index (χ1n) is 9.42. The van der Waals surface area contributed by atoms with Crippen LogP contribution >= 0.6 is 11.6 Å². The Kier molecular flexibility index (Phi) is 5.54. The van der Waals surface area contributed by atoms with Crippen LogP contribution in [0.5, 0.6) is 0 Å². The number of halogens is 2. The molecule has 8 nitrogen and oxygen atoms in total. The largest absolute Gasteiger partial charge is 0.447 e.